The summed E-state index contributed by atoms with van der Waals surface area (Å²) in [5.41, 5.74) is 1.09. The zero-order valence-electron chi connectivity index (χ0n) is 64.8. The molecule has 10 atom stereocenters. The number of carboxylic acids is 1. The molecule has 13 rings (SSSR count). The highest BCUT2D eigenvalue weighted by atomic mass is 32.2. The second-order valence-electron chi connectivity index (χ2n) is 32.2. The molecule has 4 amide bonds. The highest BCUT2D eigenvalue weighted by Crippen LogP contribution is 2.58. The summed E-state index contributed by atoms with van der Waals surface area (Å²) in [6, 6.07) is 8.69. The van der Waals surface area contributed by atoms with E-state index in [1.54, 1.807) is 19.3 Å². The molecule has 28 nitrogen and oxygen atoms in total. The van der Waals surface area contributed by atoms with Crippen LogP contribution in [-0.4, -0.2) is 181 Å². The molecule has 4 aliphatic carbocycles. The van der Waals surface area contributed by atoms with Gasteiger partial charge in [0.2, 0.25) is 43.7 Å². The number of nitrogens with zero attached hydrogens (tertiary/aromatic N) is 5. The van der Waals surface area contributed by atoms with Gasteiger partial charge in [0.05, 0.1) is 115 Å². The van der Waals surface area contributed by atoms with Crippen LogP contribution in [0.2, 0.25) is 0 Å². The number of carbonyl (C=O) groups is 9. The number of aromatic nitrogens is 3. The van der Waals surface area contributed by atoms with E-state index in [9.17, 15) is 65.1 Å². The van der Waals surface area contributed by atoms with Crippen LogP contribution in [0.1, 0.15) is 194 Å². The Hall–Kier alpha value is -9.10. The first kappa shape index (κ1) is 87.3. The molecule has 0 spiro atoms. The summed E-state index contributed by atoms with van der Waals surface area (Å²) in [5.74, 6) is -6.53. The van der Waals surface area contributed by atoms with E-state index in [4.69, 9.17) is 38.4 Å². The Kier molecular flexibility index (Phi) is 27.5. The maximum atomic E-state index is 14.6. The number of ether oxygens (including phenoxy) is 6. The number of cyclic esters (lactones) is 2. The van der Waals surface area contributed by atoms with Crippen molar-refractivity contribution in [3.63, 3.8) is 0 Å². The fourth-order valence-electron chi connectivity index (χ4n) is 16.0. The van der Waals surface area contributed by atoms with Gasteiger partial charge in [-0.25, -0.2) is 36.6 Å². The highest BCUT2D eigenvalue weighted by Gasteiger charge is 2.63. The molecule has 0 unspecified atom stereocenters. The van der Waals surface area contributed by atoms with E-state index in [1.807, 2.05) is 71.2 Å². The number of amides is 4. The number of nitrogens with one attached hydrogen (secondary N) is 3. The summed E-state index contributed by atoms with van der Waals surface area (Å²) >= 11 is 1.47. The fourth-order valence-corrected chi connectivity index (χ4v) is 19.6. The Bertz CT molecular complexity index is 4770. The number of allylic oxidation sites excluding steroid dienone is 2. The van der Waals surface area contributed by atoms with Gasteiger partial charge in [0.15, 0.2) is 22.4 Å². The number of carboxylic acid groups (broad SMARTS) is 1. The van der Waals surface area contributed by atoms with Crippen LogP contribution in [0.4, 0.5) is 5.13 Å². The van der Waals surface area contributed by atoms with Gasteiger partial charge >= 0.3 is 17.9 Å². The van der Waals surface area contributed by atoms with Crippen molar-refractivity contribution >= 4 is 111 Å². The number of aryl methyl sites for hydroxylation is 2. The molecule has 7 heterocycles. The van der Waals surface area contributed by atoms with Crippen molar-refractivity contribution < 1.29 is 93.5 Å². The number of sulfonamides is 2. The molecule has 114 heavy (non-hydrogen) atoms. The monoisotopic (exact) mass is 1630 g/mol. The molecule has 8 aliphatic rings. The molecule has 2 aromatic carbocycles. The second-order valence-corrected chi connectivity index (χ2v) is 37.0. The first-order valence-electron chi connectivity index (χ1n) is 39.0. The summed E-state index contributed by atoms with van der Waals surface area (Å²) in [6.45, 7) is 19.4. The third kappa shape index (κ3) is 19.5. The minimum absolute atomic E-state index is 0. The predicted octanol–water partition coefficient (Wildman–Crippen LogP) is 11.5. The number of anilines is 1. The van der Waals surface area contributed by atoms with Gasteiger partial charge in [0.25, 0.3) is 0 Å². The number of esters is 2. The van der Waals surface area contributed by atoms with Gasteiger partial charge < -0.3 is 48.6 Å². The number of carbonyl (C=O) groups excluding carboxylic acids is 8. The summed E-state index contributed by atoms with van der Waals surface area (Å²) < 4.78 is 91.5. The number of thiazole rings is 1. The molecule has 5 aromatic rings. The van der Waals surface area contributed by atoms with Crippen LogP contribution in [0.15, 0.2) is 67.1 Å². The Balaban J connectivity index is 0.000000238. The summed E-state index contributed by atoms with van der Waals surface area (Å²) in [7, 11) is -4.61. The fraction of sp³-hybridized carbons (Fsp3) is 0.590. The molecule has 31 heteroatoms. The quantitative estimate of drug-likeness (QED) is 0.0369. The number of benzene rings is 2. The van der Waals surface area contributed by atoms with Crippen molar-refractivity contribution in [2.45, 2.75) is 226 Å². The number of methoxy groups -OCH3 is 2. The van der Waals surface area contributed by atoms with Crippen molar-refractivity contribution in [1.82, 2.24) is 34.2 Å². The van der Waals surface area contributed by atoms with Crippen molar-refractivity contribution in [3.05, 3.63) is 83.9 Å². The van der Waals surface area contributed by atoms with Crippen LogP contribution in [0.25, 0.3) is 33.2 Å². The molecular weight excluding hydrogens is 1530 g/mol. The molecule has 3 aromatic heterocycles. The predicted molar refractivity (Wildman–Crippen MR) is 430 cm³/mol. The normalized spacial score (nSPS) is 25.5. The van der Waals surface area contributed by atoms with Crippen LogP contribution in [0.3, 0.4) is 0 Å². The lowest BCUT2D eigenvalue weighted by molar-refractivity contribution is -0.151. The molecular formula is C83H110N8O20S3. The topological polar surface area (TPSA) is 379 Å². The average molecular weight is 1640 g/mol. The van der Waals surface area contributed by atoms with Gasteiger partial charge in [0.1, 0.15) is 40.9 Å². The Morgan fingerprint density at radius 2 is 1.05 bits per heavy atom. The SMILES string of the molecule is C.C.C=C[C@@H]1C[C@]1(CC(=O)[C@@H]1C[C@@H]2CN1C(=O)[C@H](C(C)C)CC(=O)OCCCCCc1cc3c(cc(-c4csc(NC(C)C)n4)nc3cc1OC)O2)C(=O)NS(=O)(=O)C1CC1.C=C[C@@H]1C[C@]1(CC(=O)[C@@H]1C[C@@H]2CN1C(=O)[C@H](C(C)C)CC(=O)OCCCCCc1cc3c(cc(C(=O)O)nc3cc1OC)O2)C(=O)NS(=O)(=O)C1CC1. The number of pyridine rings is 2. The Morgan fingerprint density at radius 3 is 1.45 bits per heavy atom. The van der Waals surface area contributed by atoms with E-state index in [0.29, 0.717) is 96.4 Å². The standard InChI is InChI=1S/C43H55N5O9S2.C38H47N3O11S.2CH4/c1-7-27-20-43(27,41(52)47-59(53,54)29-12-13-29)21-36(49)35-16-28-22-48(35)40(51)30(24(2)3)17-39(50)56-14-10-8-9-11-26-15-31-32(18-37(26)55-6)45-33(19-38(31)57-28)34-23-58-42(46-34)44-25(4)5;1-5-23-18-38(23,37(47)40-53(48,49)25-10-11-25)19-31(42)30-14-24-20-41(30)35(44)26(21(2)3)15-34(43)51-12-8-6-7-9-22-13-27-28(16-32(22)50-4)39-29(36(45)46)17-33(27)52-24;;/h7,15,18-19,23-25,27-30,35H,1,8-14,16-17,20-22H2,2-6H3,(H,44,46)(H,47,52);5,13,16-17,21,23-26,30H,1,6-12,14-15,18-20H2,2-4H3,(H,40,47)(H,45,46);2*1H4/t27-,28-,30+,35+,43-;23-,24-,26+,30+,38-;;/m11../s1. The number of aromatic carboxylic acids is 1. The van der Waals surface area contributed by atoms with Gasteiger partial charge in [-0.2, -0.15) is 0 Å². The summed E-state index contributed by atoms with van der Waals surface area (Å²) in [5, 5.41) is 16.0. The van der Waals surface area contributed by atoms with Crippen molar-refractivity contribution in [3.8, 4) is 34.4 Å². The average Bonchev–Trinajstić information content (AvgIpc) is 1.57. The van der Waals surface area contributed by atoms with Gasteiger partial charge in [0, 0.05) is 72.1 Å². The van der Waals surface area contributed by atoms with Gasteiger partial charge in [-0.1, -0.05) is 54.7 Å². The van der Waals surface area contributed by atoms with E-state index >= 15 is 0 Å². The van der Waals surface area contributed by atoms with Gasteiger partial charge in [-0.05, 0) is 151 Å². The molecule has 620 valence electrons. The van der Waals surface area contributed by atoms with E-state index in [1.165, 1.54) is 40.4 Å². The van der Waals surface area contributed by atoms with E-state index in [2.05, 4.69) is 32.9 Å². The lowest BCUT2D eigenvalue weighted by atomic mass is 9.89. The molecule has 4 aliphatic heterocycles. The first-order valence-corrected chi connectivity index (χ1v) is 42.9. The minimum Gasteiger partial charge on any atom is -0.496 e. The molecule has 0 radical (unpaired) electrons. The third-order valence-electron chi connectivity index (χ3n) is 23.0. The Morgan fingerprint density at radius 1 is 0.614 bits per heavy atom. The smallest absolute Gasteiger partial charge is 0.354 e. The maximum absolute atomic E-state index is 14.6. The maximum Gasteiger partial charge on any atom is 0.354 e. The van der Waals surface area contributed by atoms with Crippen molar-refractivity contribution in [2.75, 3.05) is 45.8 Å². The van der Waals surface area contributed by atoms with Gasteiger partial charge in [-0.15, -0.1) is 24.5 Å². The van der Waals surface area contributed by atoms with Crippen LogP contribution >= 0.6 is 11.3 Å². The van der Waals surface area contributed by atoms with E-state index < -0.39 is 131 Å². The second kappa shape index (κ2) is 36.0. The Labute approximate surface area is 671 Å². The summed E-state index contributed by atoms with van der Waals surface area (Å²) in [4.78, 5) is 140. The summed E-state index contributed by atoms with van der Waals surface area (Å²) in [6.07, 6.45) is 8.86. The molecule has 2 saturated heterocycles. The van der Waals surface area contributed by atoms with Crippen molar-refractivity contribution in [2.24, 2.45) is 46.3 Å². The van der Waals surface area contributed by atoms with E-state index in [0.717, 1.165) is 47.3 Å². The molecule has 8 bridgehead atoms. The largest absolute Gasteiger partial charge is 0.496 e. The molecule has 4 N–H and O–H groups in total. The highest BCUT2D eigenvalue weighted by molar-refractivity contribution is 7.91. The van der Waals surface area contributed by atoms with Gasteiger partial charge in [-0.3, -0.25) is 47.8 Å². The van der Waals surface area contributed by atoms with Crippen molar-refractivity contribution in [1.29, 1.82) is 0 Å². The zero-order chi connectivity index (χ0) is 80.5. The van der Waals surface area contributed by atoms with E-state index in [-0.39, 0.29) is 134 Å². The number of hydrogen-bond donors (Lipinski definition) is 4. The molecule has 4 saturated carbocycles. The van der Waals surface area contributed by atoms with Crippen LogP contribution in [-0.2, 0) is 80.7 Å². The minimum atomic E-state index is -3.88. The number of rotatable bonds is 22. The number of Topliss-reactive ketones (excluding diaryl/α,β-unsaturated/α-hetero) is 2. The van der Waals surface area contributed by atoms with Crippen LogP contribution in [0.5, 0.6) is 23.0 Å². The zero-order valence-corrected chi connectivity index (χ0v) is 67.2. The lowest BCUT2D eigenvalue weighted by Crippen LogP contribution is -2.47. The van der Waals surface area contributed by atoms with Crippen LogP contribution in [0, 0.1) is 46.3 Å². The first-order chi connectivity index (χ1) is 53.3. The third-order valence-corrected chi connectivity index (χ3v) is 27.4. The lowest BCUT2D eigenvalue weighted by Gasteiger charge is -2.30. The van der Waals surface area contributed by atoms with Crippen LogP contribution < -0.4 is 33.7 Å². The number of fused-ring (bicyclic) bond motifs is 6. The molecule has 6 fully saturated rings. The number of ketones is 2. The number of hydrogen-bond acceptors (Lipinski definition) is 24.